The number of halogens is 2. The van der Waals surface area contributed by atoms with E-state index in [2.05, 4.69) is 15.9 Å². The van der Waals surface area contributed by atoms with Gasteiger partial charge >= 0.3 is 0 Å². The second-order valence-electron chi connectivity index (χ2n) is 3.56. The molecule has 0 spiro atoms. The maximum Gasteiger partial charge on any atom is 0.129 e. The number of nitrogens with two attached hydrogens (primary N) is 1. The standard InChI is InChI=1S/C12H11BrFNS/c13-8-3-4-10(11(14)6-8)12(15)7-9-2-1-5-16-9/h1-6,12H,7,15H2. The average molecular weight is 300 g/mol. The van der Waals surface area contributed by atoms with Crippen LogP contribution in [0.1, 0.15) is 16.5 Å². The highest BCUT2D eigenvalue weighted by atomic mass is 79.9. The van der Waals surface area contributed by atoms with Crippen LogP contribution in [0.15, 0.2) is 40.2 Å². The summed E-state index contributed by atoms with van der Waals surface area (Å²) in [6.45, 7) is 0. The number of hydrogen-bond acceptors (Lipinski definition) is 2. The van der Waals surface area contributed by atoms with E-state index in [9.17, 15) is 4.39 Å². The summed E-state index contributed by atoms with van der Waals surface area (Å²) >= 11 is 4.87. The molecule has 0 radical (unpaired) electrons. The number of hydrogen-bond donors (Lipinski definition) is 1. The first-order valence-electron chi connectivity index (χ1n) is 4.89. The maximum atomic E-state index is 13.6. The zero-order valence-electron chi connectivity index (χ0n) is 8.49. The Kier molecular flexibility index (Phi) is 3.74. The lowest BCUT2D eigenvalue weighted by atomic mass is 10.0. The van der Waals surface area contributed by atoms with Crippen LogP contribution in [-0.2, 0) is 6.42 Å². The van der Waals surface area contributed by atoms with Crippen LogP contribution in [0.25, 0.3) is 0 Å². The first-order valence-corrected chi connectivity index (χ1v) is 6.57. The summed E-state index contributed by atoms with van der Waals surface area (Å²) < 4.78 is 14.4. The minimum absolute atomic E-state index is 0.251. The summed E-state index contributed by atoms with van der Waals surface area (Å²) in [5.74, 6) is -0.251. The van der Waals surface area contributed by atoms with Crippen molar-refractivity contribution in [1.29, 1.82) is 0 Å². The Hall–Kier alpha value is -0.710. The summed E-state index contributed by atoms with van der Waals surface area (Å²) in [4.78, 5) is 1.18. The van der Waals surface area contributed by atoms with Crippen molar-refractivity contribution >= 4 is 27.3 Å². The molecule has 0 aliphatic rings. The van der Waals surface area contributed by atoms with Crippen molar-refractivity contribution in [2.24, 2.45) is 5.73 Å². The van der Waals surface area contributed by atoms with Gasteiger partial charge in [-0.3, -0.25) is 0 Å². The average Bonchev–Trinajstić information content (AvgIpc) is 2.70. The predicted molar refractivity (Wildman–Crippen MR) is 69.1 cm³/mol. The van der Waals surface area contributed by atoms with E-state index >= 15 is 0 Å². The van der Waals surface area contributed by atoms with E-state index in [4.69, 9.17) is 5.73 Å². The van der Waals surface area contributed by atoms with Gasteiger partial charge in [-0.1, -0.05) is 28.1 Å². The van der Waals surface area contributed by atoms with Gasteiger partial charge in [-0.15, -0.1) is 11.3 Å². The molecule has 1 unspecified atom stereocenters. The first-order chi connectivity index (χ1) is 7.66. The van der Waals surface area contributed by atoms with Gasteiger partial charge in [0, 0.05) is 27.4 Å². The molecule has 0 saturated carbocycles. The molecule has 0 amide bonds. The largest absolute Gasteiger partial charge is 0.324 e. The molecule has 0 bridgehead atoms. The van der Waals surface area contributed by atoms with Crippen molar-refractivity contribution in [3.05, 3.63) is 56.4 Å². The van der Waals surface area contributed by atoms with Crippen molar-refractivity contribution in [2.45, 2.75) is 12.5 Å². The smallest absolute Gasteiger partial charge is 0.129 e. The lowest BCUT2D eigenvalue weighted by Gasteiger charge is -2.12. The lowest BCUT2D eigenvalue weighted by molar-refractivity contribution is 0.581. The zero-order valence-corrected chi connectivity index (χ0v) is 10.9. The molecule has 2 N–H and O–H groups in total. The Morgan fingerprint density at radius 1 is 1.38 bits per heavy atom. The quantitative estimate of drug-likeness (QED) is 0.914. The number of rotatable bonds is 3. The predicted octanol–water partition coefficient (Wildman–Crippen LogP) is 3.89. The summed E-state index contributed by atoms with van der Waals surface area (Å²) in [5.41, 5.74) is 6.55. The van der Waals surface area contributed by atoms with E-state index in [1.807, 2.05) is 23.6 Å². The Labute approximate surface area is 106 Å². The Morgan fingerprint density at radius 3 is 2.81 bits per heavy atom. The molecule has 1 atom stereocenters. The Balaban J connectivity index is 2.17. The van der Waals surface area contributed by atoms with Gasteiger partial charge in [-0.25, -0.2) is 4.39 Å². The SMILES string of the molecule is NC(Cc1cccs1)c1ccc(Br)cc1F. The molecule has 2 aromatic rings. The summed E-state index contributed by atoms with van der Waals surface area (Å²) in [7, 11) is 0. The fourth-order valence-corrected chi connectivity index (χ4v) is 2.66. The van der Waals surface area contributed by atoms with E-state index in [0.29, 0.717) is 12.0 Å². The van der Waals surface area contributed by atoms with Gasteiger partial charge < -0.3 is 5.73 Å². The van der Waals surface area contributed by atoms with E-state index < -0.39 is 0 Å². The molecule has 0 aliphatic carbocycles. The first kappa shape index (κ1) is 11.8. The Morgan fingerprint density at radius 2 is 2.19 bits per heavy atom. The molecule has 0 aliphatic heterocycles. The zero-order chi connectivity index (χ0) is 11.5. The second kappa shape index (κ2) is 5.08. The molecule has 2 rings (SSSR count). The molecule has 4 heteroatoms. The molecule has 1 aromatic carbocycles. The van der Waals surface area contributed by atoms with Crippen LogP contribution >= 0.6 is 27.3 Å². The number of thiophene rings is 1. The van der Waals surface area contributed by atoms with Gasteiger partial charge in [0.2, 0.25) is 0 Å². The van der Waals surface area contributed by atoms with Crippen LogP contribution in [0, 0.1) is 5.82 Å². The van der Waals surface area contributed by atoms with E-state index in [1.54, 1.807) is 17.4 Å². The van der Waals surface area contributed by atoms with Crippen molar-refractivity contribution in [3.63, 3.8) is 0 Å². The van der Waals surface area contributed by atoms with Crippen LogP contribution in [-0.4, -0.2) is 0 Å². The van der Waals surface area contributed by atoms with Gasteiger partial charge in [0.05, 0.1) is 0 Å². The molecule has 0 saturated heterocycles. The lowest BCUT2D eigenvalue weighted by Crippen LogP contribution is -2.14. The van der Waals surface area contributed by atoms with Crippen molar-refractivity contribution in [3.8, 4) is 0 Å². The van der Waals surface area contributed by atoms with E-state index in [0.717, 1.165) is 4.47 Å². The minimum Gasteiger partial charge on any atom is -0.324 e. The highest BCUT2D eigenvalue weighted by molar-refractivity contribution is 9.10. The Bertz CT molecular complexity index is 470. The molecule has 1 nitrogen and oxygen atoms in total. The van der Waals surface area contributed by atoms with Crippen LogP contribution in [0.4, 0.5) is 4.39 Å². The monoisotopic (exact) mass is 299 g/mol. The molecular formula is C12H11BrFNS. The van der Waals surface area contributed by atoms with Crippen LogP contribution in [0.5, 0.6) is 0 Å². The maximum absolute atomic E-state index is 13.6. The molecule has 84 valence electrons. The van der Waals surface area contributed by atoms with Crippen LogP contribution in [0.3, 0.4) is 0 Å². The fourth-order valence-electron chi connectivity index (χ4n) is 1.56. The van der Waals surface area contributed by atoms with E-state index in [-0.39, 0.29) is 11.9 Å². The van der Waals surface area contributed by atoms with Gasteiger partial charge in [0.25, 0.3) is 0 Å². The molecule has 0 fully saturated rings. The highest BCUT2D eigenvalue weighted by Gasteiger charge is 2.12. The van der Waals surface area contributed by atoms with E-state index in [1.165, 1.54) is 10.9 Å². The number of benzene rings is 1. The van der Waals surface area contributed by atoms with Gasteiger partial charge in [-0.05, 0) is 23.6 Å². The molecule has 1 aromatic heterocycles. The molecule has 1 heterocycles. The third-order valence-corrected chi connectivity index (χ3v) is 3.76. The third-order valence-electron chi connectivity index (χ3n) is 2.36. The van der Waals surface area contributed by atoms with Crippen molar-refractivity contribution in [2.75, 3.05) is 0 Å². The van der Waals surface area contributed by atoms with Gasteiger partial charge in [0.15, 0.2) is 0 Å². The highest BCUT2D eigenvalue weighted by Crippen LogP contribution is 2.23. The van der Waals surface area contributed by atoms with Crippen LogP contribution in [0.2, 0.25) is 0 Å². The summed E-state index contributed by atoms with van der Waals surface area (Å²) in [6, 6.07) is 8.70. The summed E-state index contributed by atoms with van der Waals surface area (Å²) in [5, 5.41) is 2.00. The molecule has 16 heavy (non-hydrogen) atoms. The van der Waals surface area contributed by atoms with Crippen molar-refractivity contribution < 1.29 is 4.39 Å². The third kappa shape index (κ3) is 2.70. The summed E-state index contributed by atoms with van der Waals surface area (Å²) in [6.07, 6.45) is 0.677. The minimum atomic E-state index is -0.285. The van der Waals surface area contributed by atoms with Crippen LogP contribution < -0.4 is 5.73 Å². The topological polar surface area (TPSA) is 26.0 Å². The van der Waals surface area contributed by atoms with Gasteiger partial charge in [-0.2, -0.15) is 0 Å². The molecular weight excluding hydrogens is 289 g/mol. The van der Waals surface area contributed by atoms with Crippen molar-refractivity contribution in [1.82, 2.24) is 0 Å². The normalized spacial score (nSPS) is 12.7. The van der Waals surface area contributed by atoms with Gasteiger partial charge in [0.1, 0.15) is 5.82 Å². The fraction of sp³-hybridized carbons (Fsp3) is 0.167. The second-order valence-corrected chi connectivity index (χ2v) is 5.50.